The third kappa shape index (κ3) is 5.71. The minimum atomic E-state index is -1.72. The van der Waals surface area contributed by atoms with Crippen molar-refractivity contribution >= 4 is 48.9 Å². The number of imide groups is 1. The Balaban J connectivity index is 1.28. The van der Waals surface area contributed by atoms with Crippen molar-refractivity contribution < 1.29 is 34.4 Å². The first kappa shape index (κ1) is 29.1. The van der Waals surface area contributed by atoms with Crippen molar-refractivity contribution in [3.8, 4) is 5.75 Å². The number of nitrogens with zero attached hydrogens (tertiary/aromatic N) is 1. The molecule has 3 aliphatic rings. The van der Waals surface area contributed by atoms with Crippen LogP contribution in [-0.2, 0) is 14.2 Å². The summed E-state index contributed by atoms with van der Waals surface area (Å²) in [5.41, 5.74) is 5.58. The number of fused-ring (bicyclic) bond motifs is 3. The van der Waals surface area contributed by atoms with Crippen LogP contribution in [0.2, 0.25) is 6.32 Å². The molecule has 2 heterocycles. The van der Waals surface area contributed by atoms with E-state index in [1.165, 1.54) is 17.0 Å². The number of phenolic OH excluding ortho intramolecular Hbond substituents is 1. The molecule has 8 nitrogen and oxygen atoms in total. The Labute approximate surface area is 251 Å². The number of amides is 2. The van der Waals surface area contributed by atoms with E-state index in [9.17, 15) is 29.8 Å². The van der Waals surface area contributed by atoms with E-state index in [4.69, 9.17) is 4.65 Å². The lowest BCUT2D eigenvalue weighted by atomic mass is 9.58. The van der Waals surface area contributed by atoms with E-state index in [0.717, 1.165) is 27.8 Å². The molecule has 3 aromatic rings. The summed E-state index contributed by atoms with van der Waals surface area (Å²) in [6, 6.07) is 23.2. The van der Waals surface area contributed by atoms with Crippen LogP contribution in [-0.4, -0.2) is 52.3 Å². The van der Waals surface area contributed by atoms with Gasteiger partial charge in [0.25, 0.3) is 0 Å². The van der Waals surface area contributed by atoms with Gasteiger partial charge in [-0.25, -0.2) is 0 Å². The molecule has 3 aromatic carbocycles. The zero-order valence-electron chi connectivity index (χ0n) is 23.8. The molecule has 2 saturated heterocycles. The second kappa shape index (κ2) is 12.0. The lowest BCUT2D eigenvalue weighted by molar-refractivity contribution is -0.122. The van der Waals surface area contributed by atoms with Gasteiger partial charge in [0.15, 0.2) is 0 Å². The van der Waals surface area contributed by atoms with Crippen molar-refractivity contribution in [2.24, 2.45) is 17.8 Å². The number of hydrogen-bond donors (Lipinski definition) is 4. The van der Waals surface area contributed by atoms with E-state index in [2.05, 4.69) is 6.08 Å². The Hall–Kier alpha value is -3.95. The van der Waals surface area contributed by atoms with Crippen LogP contribution in [0.25, 0.3) is 11.6 Å². The predicted molar refractivity (Wildman–Crippen MR) is 166 cm³/mol. The van der Waals surface area contributed by atoms with Gasteiger partial charge in [-0.05, 0) is 90.4 Å². The van der Waals surface area contributed by atoms with E-state index in [1.807, 2.05) is 49.4 Å². The van der Waals surface area contributed by atoms with Crippen LogP contribution in [0, 0.1) is 17.8 Å². The number of phenols is 1. The molecule has 10 heteroatoms. The van der Waals surface area contributed by atoms with Gasteiger partial charge in [0.05, 0.1) is 23.6 Å². The molecule has 2 fully saturated rings. The third-order valence-electron chi connectivity index (χ3n) is 8.93. The fourth-order valence-electron chi connectivity index (χ4n) is 7.01. The van der Waals surface area contributed by atoms with E-state index < -0.39 is 32.2 Å². The number of aromatic hydroxyl groups is 1. The van der Waals surface area contributed by atoms with Crippen molar-refractivity contribution in [2.75, 3.05) is 4.90 Å². The largest absolute Gasteiger partial charge is 0.508 e. The van der Waals surface area contributed by atoms with Crippen molar-refractivity contribution in [3.05, 3.63) is 101 Å². The number of allylic oxidation sites excluding steroid dienone is 2. The Morgan fingerprint density at radius 1 is 1.00 bits per heavy atom. The molecular formula is C33H33B2NO7. The van der Waals surface area contributed by atoms with Gasteiger partial charge in [-0.2, -0.15) is 0 Å². The Morgan fingerprint density at radius 2 is 1.74 bits per heavy atom. The van der Waals surface area contributed by atoms with Crippen LogP contribution in [0.3, 0.4) is 0 Å². The van der Waals surface area contributed by atoms with Crippen LogP contribution >= 0.6 is 0 Å². The average Bonchev–Trinajstić information content (AvgIpc) is 3.25. The molecule has 6 rings (SSSR count). The summed E-state index contributed by atoms with van der Waals surface area (Å²) >= 11 is 0. The van der Waals surface area contributed by atoms with Crippen LogP contribution in [0.1, 0.15) is 37.3 Å². The molecule has 0 radical (unpaired) electrons. The zero-order chi connectivity index (χ0) is 30.2. The zero-order valence-corrected chi connectivity index (χ0v) is 23.8. The second-order valence-electron chi connectivity index (χ2n) is 11.6. The highest BCUT2D eigenvalue weighted by atomic mass is 16.5. The number of carbonyl (C=O) groups excluding carboxylic acids is 2. The fraction of sp³-hybridized carbons (Fsp3) is 0.273. The predicted octanol–water partition coefficient (Wildman–Crippen LogP) is 3.41. The number of carbonyl (C=O) groups is 2. The maximum atomic E-state index is 13.9. The van der Waals surface area contributed by atoms with Crippen LogP contribution in [0.4, 0.5) is 5.69 Å². The van der Waals surface area contributed by atoms with Gasteiger partial charge in [0.2, 0.25) is 11.8 Å². The van der Waals surface area contributed by atoms with Crippen molar-refractivity contribution in [2.45, 2.75) is 38.6 Å². The molecule has 0 unspecified atom stereocenters. The van der Waals surface area contributed by atoms with E-state index in [-0.39, 0.29) is 35.3 Å². The Bertz CT molecular complexity index is 1590. The summed E-state index contributed by atoms with van der Waals surface area (Å²) in [5, 5.41) is 39.8. The maximum Gasteiger partial charge on any atom is 0.488 e. The number of rotatable bonds is 7. The fourth-order valence-corrected chi connectivity index (χ4v) is 7.01. The lowest BCUT2D eigenvalue weighted by Gasteiger charge is -2.42. The molecule has 0 saturated carbocycles. The van der Waals surface area contributed by atoms with Gasteiger partial charge in [-0.1, -0.05) is 66.2 Å². The SMILES string of the molecule is CC1=C2[C@@H](CC/C(=C/c3ccc(O)cc3)c3ccccc3)OB(O)C[C@@H]2[C@@H]2C(=O)N(c3cccc(B(O)O)c3)C(=O)[C@@H]2C1. The number of hydrogen-bond acceptors (Lipinski definition) is 7. The van der Waals surface area contributed by atoms with Crippen LogP contribution < -0.4 is 10.4 Å². The second-order valence-corrected chi connectivity index (χ2v) is 11.6. The minimum Gasteiger partial charge on any atom is -0.508 e. The molecule has 2 aliphatic heterocycles. The molecule has 43 heavy (non-hydrogen) atoms. The lowest BCUT2D eigenvalue weighted by Crippen LogP contribution is -2.46. The summed E-state index contributed by atoms with van der Waals surface area (Å²) in [7, 11) is -2.79. The van der Waals surface area contributed by atoms with Gasteiger partial charge in [0.1, 0.15) is 5.75 Å². The highest BCUT2D eigenvalue weighted by Gasteiger charge is 2.57. The molecule has 0 bridgehead atoms. The molecule has 218 valence electrons. The first-order valence-electron chi connectivity index (χ1n) is 14.6. The van der Waals surface area contributed by atoms with Crippen LogP contribution in [0.15, 0.2) is 90.0 Å². The summed E-state index contributed by atoms with van der Waals surface area (Å²) in [6.07, 6.45) is 3.50. The van der Waals surface area contributed by atoms with Gasteiger partial charge < -0.3 is 24.8 Å². The standard InChI is InChI=1S/C33H33B2NO7/c1-20-16-27-31(33(39)36(32(27)38)25-9-5-8-24(18-25)35(41)42)28-19-34(40)43-29(30(20)28)15-12-23(22-6-3-2-4-7-22)17-21-10-13-26(37)14-11-21/h2-11,13-14,17-18,27-29,31,37,40-42H,12,15-16,19H2,1H3/b23-17-/t27-,28+,29-,31-/m1/s1. The maximum absolute atomic E-state index is 13.9. The Morgan fingerprint density at radius 3 is 2.47 bits per heavy atom. The van der Waals surface area contributed by atoms with E-state index in [0.29, 0.717) is 24.9 Å². The summed E-state index contributed by atoms with van der Waals surface area (Å²) in [6.45, 7) is 1.99. The smallest absolute Gasteiger partial charge is 0.488 e. The normalized spacial score (nSPS) is 23.9. The van der Waals surface area contributed by atoms with E-state index in [1.54, 1.807) is 24.3 Å². The van der Waals surface area contributed by atoms with Gasteiger partial charge >= 0.3 is 14.2 Å². The first-order chi connectivity index (χ1) is 20.7. The quantitative estimate of drug-likeness (QED) is 0.147. The molecule has 4 atom stereocenters. The third-order valence-corrected chi connectivity index (χ3v) is 8.93. The van der Waals surface area contributed by atoms with Crippen molar-refractivity contribution in [3.63, 3.8) is 0 Å². The minimum absolute atomic E-state index is 0.194. The number of anilines is 1. The summed E-state index contributed by atoms with van der Waals surface area (Å²) in [4.78, 5) is 28.7. The molecule has 4 N–H and O–H groups in total. The highest BCUT2D eigenvalue weighted by molar-refractivity contribution is 6.58. The van der Waals surface area contributed by atoms with Crippen LogP contribution in [0.5, 0.6) is 5.75 Å². The summed E-state index contributed by atoms with van der Waals surface area (Å²) < 4.78 is 6.11. The first-order valence-corrected chi connectivity index (χ1v) is 14.6. The summed E-state index contributed by atoms with van der Waals surface area (Å²) in [5.74, 6) is -1.97. The van der Waals surface area contributed by atoms with Crippen molar-refractivity contribution in [1.82, 2.24) is 0 Å². The molecular weight excluding hydrogens is 544 g/mol. The van der Waals surface area contributed by atoms with Gasteiger partial charge in [0, 0.05) is 0 Å². The van der Waals surface area contributed by atoms with Gasteiger partial charge in [-0.15, -0.1) is 0 Å². The topological polar surface area (TPSA) is 128 Å². The monoisotopic (exact) mass is 577 g/mol. The Kier molecular flexibility index (Phi) is 8.11. The number of benzene rings is 3. The van der Waals surface area contributed by atoms with Crippen molar-refractivity contribution in [1.29, 1.82) is 0 Å². The highest BCUT2D eigenvalue weighted by Crippen LogP contribution is 2.51. The average molecular weight is 577 g/mol. The molecule has 0 spiro atoms. The molecule has 2 amide bonds. The molecule has 0 aromatic heterocycles. The van der Waals surface area contributed by atoms with Gasteiger partial charge in [-0.3, -0.25) is 14.5 Å². The molecule has 1 aliphatic carbocycles. The van der Waals surface area contributed by atoms with E-state index >= 15 is 0 Å².